The van der Waals surface area contributed by atoms with E-state index in [-0.39, 0.29) is 0 Å². The summed E-state index contributed by atoms with van der Waals surface area (Å²) in [5.41, 5.74) is 2.17. The molecular formula is C15H12N4OS2. The maximum atomic E-state index is 9.23. The van der Waals surface area contributed by atoms with E-state index in [4.69, 9.17) is 4.42 Å². The Morgan fingerprint density at radius 1 is 1.27 bits per heavy atom. The number of allylic oxidation sites excluding steroid dienone is 1. The fourth-order valence-electron chi connectivity index (χ4n) is 1.78. The predicted molar refractivity (Wildman–Crippen MR) is 88.6 cm³/mol. The molecule has 0 saturated carbocycles. The summed E-state index contributed by atoms with van der Waals surface area (Å²) in [5.74, 6) is 1.59. The van der Waals surface area contributed by atoms with Gasteiger partial charge in [-0.05, 0) is 26.0 Å². The number of furan rings is 1. The Morgan fingerprint density at radius 2 is 2.14 bits per heavy atom. The van der Waals surface area contributed by atoms with Crippen LogP contribution in [0.3, 0.4) is 0 Å². The number of hydrogen-bond donors (Lipinski definition) is 1. The second-order valence-corrected chi connectivity index (χ2v) is 6.27. The molecule has 0 spiro atoms. The Bertz CT molecular complexity index is 866. The first-order valence-electron chi connectivity index (χ1n) is 6.47. The molecule has 3 heterocycles. The summed E-state index contributed by atoms with van der Waals surface area (Å²) in [6, 6.07) is 5.94. The highest BCUT2D eigenvalue weighted by Crippen LogP contribution is 2.27. The highest BCUT2D eigenvalue weighted by molar-refractivity contribution is 7.14. The number of anilines is 1. The maximum absolute atomic E-state index is 9.23. The molecule has 0 saturated heterocycles. The zero-order valence-electron chi connectivity index (χ0n) is 12.0. The molecule has 0 radical (unpaired) electrons. The minimum Gasteiger partial charge on any atom is -0.460 e. The lowest BCUT2D eigenvalue weighted by molar-refractivity contribution is 0.547. The van der Waals surface area contributed by atoms with Gasteiger partial charge in [0.15, 0.2) is 10.9 Å². The van der Waals surface area contributed by atoms with Crippen molar-refractivity contribution in [3.05, 3.63) is 45.6 Å². The van der Waals surface area contributed by atoms with Gasteiger partial charge in [-0.3, -0.25) is 0 Å². The summed E-state index contributed by atoms with van der Waals surface area (Å²) in [7, 11) is 0. The Labute approximate surface area is 135 Å². The van der Waals surface area contributed by atoms with Gasteiger partial charge in [-0.1, -0.05) is 0 Å². The van der Waals surface area contributed by atoms with Gasteiger partial charge < -0.3 is 9.73 Å². The molecule has 0 amide bonds. The van der Waals surface area contributed by atoms with Gasteiger partial charge in [-0.2, -0.15) is 5.26 Å². The molecule has 0 fully saturated rings. The minimum absolute atomic E-state index is 0.490. The lowest BCUT2D eigenvalue weighted by Gasteiger charge is -1.95. The quantitative estimate of drug-likeness (QED) is 0.716. The number of aromatic nitrogens is 2. The van der Waals surface area contributed by atoms with Gasteiger partial charge in [0.2, 0.25) is 0 Å². The molecule has 0 aliphatic heterocycles. The van der Waals surface area contributed by atoms with Crippen LogP contribution in [0.15, 0.2) is 33.5 Å². The zero-order chi connectivity index (χ0) is 15.5. The Hall–Kier alpha value is -2.43. The van der Waals surface area contributed by atoms with E-state index in [2.05, 4.69) is 21.4 Å². The fraction of sp³-hybridized carbons (Fsp3) is 0.133. The van der Waals surface area contributed by atoms with E-state index in [0.29, 0.717) is 15.7 Å². The van der Waals surface area contributed by atoms with E-state index in [1.165, 1.54) is 22.7 Å². The number of nitrogens with zero attached hydrogens (tertiary/aromatic N) is 3. The van der Waals surface area contributed by atoms with Crippen LogP contribution in [0, 0.1) is 25.2 Å². The van der Waals surface area contributed by atoms with Gasteiger partial charge in [0, 0.05) is 22.7 Å². The van der Waals surface area contributed by atoms with Crippen LogP contribution in [0.4, 0.5) is 5.13 Å². The van der Waals surface area contributed by atoms with Gasteiger partial charge in [0.25, 0.3) is 0 Å². The van der Waals surface area contributed by atoms with Crippen LogP contribution in [-0.4, -0.2) is 9.97 Å². The van der Waals surface area contributed by atoms with Crippen molar-refractivity contribution in [3.63, 3.8) is 0 Å². The van der Waals surface area contributed by atoms with Crippen LogP contribution in [0.5, 0.6) is 0 Å². The molecular weight excluding hydrogens is 316 g/mol. The average molecular weight is 328 g/mol. The number of aryl methyl sites for hydroxylation is 2. The van der Waals surface area contributed by atoms with Gasteiger partial charge >= 0.3 is 0 Å². The second kappa shape index (κ2) is 6.13. The number of rotatable bonds is 4. The number of nitriles is 1. The molecule has 0 unspecified atom stereocenters. The van der Waals surface area contributed by atoms with Crippen LogP contribution in [0.1, 0.15) is 16.5 Å². The van der Waals surface area contributed by atoms with E-state index < -0.39 is 0 Å². The van der Waals surface area contributed by atoms with E-state index in [1.807, 2.05) is 36.7 Å². The first-order valence-corrected chi connectivity index (χ1v) is 8.23. The average Bonchev–Trinajstić information content (AvgIpc) is 3.21. The van der Waals surface area contributed by atoms with Crippen LogP contribution in [0.2, 0.25) is 0 Å². The summed E-state index contributed by atoms with van der Waals surface area (Å²) in [4.78, 5) is 8.75. The smallest absolute Gasteiger partial charge is 0.187 e. The summed E-state index contributed by atoms with van der Waals surface area (Å²) in [5, 5.41) is 17.5. The standard InChI is InChI=1S/C15H12N4OS2/c1-9-7-21-14(18-9)11(5-16)6-17-15-19-12(8-22-15)13-4-3-10(2)20-13/h3-4,6-8H,1-2H3,(H,17,19)/b11-6+. The van der Waals surface area contributed by atoms with Crippen molar-refractivity contribution in [2.24, 2.45) is 0 Å². The molecule has 5 nitrogen and oxygen atoms in total. The zero-order valence-corrected chi connectivity index (χ0v) is 13.6. The van der Waals surface area contributed by atoms with Crippen LogP contribution >= 0.6 is 22.7 Å². The summed E-state index contributed by atoms with van der Waals surface area (Å²) >= 11 is 2.90. The third kappa shape index (κ3) is 3.08. The van der Waals surface area contributed by atoms with Crippen molar-refractivity contribution in [2.45, 2.75) is 13.8 Å². The van der Waals surface area contributed by atoms with Crippen molar-refractivity contribution < 1.29 is 4.42 Å². The van der Waals surface area contributed by atoms with E-state index in [0.717, 1.165) is 22.9 Å². The lowest BCUT2D eigenvalue weighted by atomic mass is 10.3. The third-order valence-electron chi connectivity index (χ3n) is 2.81. The van der Waals surface area contributed by atoms with E-state index in [1.54, 1.807) is 6.20 Å². The largest absolute Gasteiger partial charge is 0.460 e. The third-order valence-corrected chi connectivity index (χ3v) is 4.57. The van der Waals surface area contributed by atoms with Crippen molar-refractivity contribution >= 4 is 33.4 Å². The Morgan fingerprint density at radius 3 is 2.77 bits per heavy atom. The van der Waals surface area contributed by atoms with Crippen molar-refractivity contribution in [2.75, 3.05) is 5.32 Å². The second-order valence-electron chi connectivity index (χ2n) is 4.56. The molecule has 3 aromatic rings. The molecule has 0 aliphatic rings. The molecule has 7 heteroatoms. The van der Waals surface area contributed by atoms with Gasteiger partial charge in [0.05, 0.1) is 0 Å². The van der Waals surface area contributed by atoms with Crippen molar-refractivity contribution in [1.29, 1.82) is 5.26 Å². The first kappa shape index (κ1) is 14.5. The van der Waals surface area contributed by atoms with Crippen LogP contribution in [0.25, 0.3) is 17.0 Å². The van der Waals surface area contributed by atoms with Gasteiger partial charge in [-0.25, -0.2) is 9.97 Å². The molecule has 3 rings (SSSR count). The van der Waals surface area contributed by atoms with Crippen LogP contribution in [-0.2, 0) is 0 Å². The summed E-state index contributed by atoms with van der Waals surface area (Å²) in [6.45, 7) is 3.80. The predicted octanol–water partition coefficient (Wildman–Crippen LogP) is 4.45. The van der Waals surface area contributed by atoms with Crippen molar-refractivity contribution in [3.8, 4) is 17.5 Å². The molecule has 0 atom stereocenters. The van der Waals surface area contributed by atoms with Gasteiger partial charge in [0.1, 0.15) is 28.1 Å². The number of hydrogen-bond acceptors (Lipinski definition) is 7. The Balaban J connectivity index is 1.77. The highest BCUT2D eigenvalue weighted by Gasteiger charge is 2.09. The van der Waals surface area contributed by atoms with Crippen LogP contribution < -0.4 is 5.32 Å². The molecule has 0 aromatic carbocycles. The fourth-order valence-corrected chi connectivity index (χ4v) is 3.21. The summed E-state index contributed by atoms with van der Waals surface area (Å²) in [6.07, 6.45) is 1.63. The molecule has 0 aliphatic carbocycles. The monoisotopic (exact) mass is 328 g/mol. The van der Waals surface area contributed by atoms with E-state index in [9.17, 15) is 5.26 Å². The van der Waals surface area contributed by atoms with Gasteiger partial charge in [-0.15, -0.1) is 22.7 Å². The lowest BCUT2D eigenvalue weighted by Crippen LogP contribution is -1.90. The normalized spacial score (nSPS) is 11.4. The SMILES string of the molecule is Cc1csc(/C(C#N)=C/Nc2nc(-c3ccc(C)o3)cs2)n1. The molecule has 0 bridgehead atoms. The number of nitrogens with one attached hydrogen (secondary N) is 1. The topological polar surface area (TPSA) is 74.7 Å². The molecule has 22 heavy (non-hydrogen) atoms. The summed E-state index contributed by atoms with van der Waals surface area (Å²) < 4.78 is 5.54. The molecule has 110 valence electrons. The first-order chi connectivity index (χ1) is 10.7. The molecule has 1 N–H and O–H groups in total. The Kier molecular flexibility index (Phi) is 4.04. The minimum atomic E-state index is 0.490. The maximum Gasteiger partial charge on any atom is 0.187 e. The number of thiazole rings is 2. The highest BCUT2D eigenvalue weighted by atomic mass is 32.1. The van der Waals surface area contributed by atoms with E-state index >= 15 is 0 Å². The van der Waals surface area contributed by atoms with Crippen molar-refractivity contribution in [1.82, 2.24) is 9.97 Å². The molecule has 3 aromatic heterocycles.